The van der Waals surface area contributed by atoms with E-state index in [2.05, 4.69) is 15.0 Å². The minimum absolute atomic E-state index is 0.0921. The van der Waals surface area contributed by atoms with Gasteiger partial charge >= 0.3 is 5.97 Å². The van der Waals surface area contributed by atoms with Crippen molar-refractivity contribution >= 4 is 52.2 Å². The normalized spacial score (nSPS) is 15.4. The first-order chi connectivity index (χ1) is 16.9. The fourth-order valence-corrected chi connectivity index (χ4v) is 4.17. The molecule has 8 nitrogen and oxygen atoms in total. The lowest BCUT2D eigenvalue weighted by molar-refractivity contribution is -0.115. The van der Waals surface area contributed by atoms with E-state index < -0.39 is 5.97 Å². The van der Waals surface area contributed by atoms with Crippen LogP contribution in [0.3, 0.4) is 0 Å². The van der Waals surface area contributed by atoms with Crippen molar-refractivity contribution < 1.29 is 28.2 Å². The third-order valence-electron chi connectivity index (χ3n) is 5.02. The van der Waals surface area contributed by atoms with Crippen LogP contribution in [-0.4, -0.2) is 31.3 Å². The van der Waals surface area contributed by atoms with Crippen LogP contribution in [0.1, 0.15) is 27.4 Å². The van der Waals surface area contributed by atoms with Gasteiger partial charge in [0, 0.05) is 5.02 Å². The number of esters is 1. The number of carbonyl (C=O) groups excluding carboxylic acids is 2. The van der Waals surface area contributed by atoms with E-state index >= 15 is 0 Å². The number of aliphatic imine (C=N–C) groups is 1. The molecule has 0 radical (unpaired) electrons. The van der Waals surface area contributed by atoms with E-state index in [9.17, 15) is 9.59 Å². The Kier molecular flexibility index (Phi) is 7.48. The van der Waals surface area contributed by atoms with Crippen molar-refractivity contribution in [3.8, 4) is 11.5 Å². The average Bonchev–Trinajstić information content (AvgIpc) is 3.47. The molecule has 0 unspecified atom stereocenters. The van der Waals surface area contributed by atoms with Gasteiger partial charge in [-0.3, -0.25) is 4.79 Å². The third-order valence-corrected chi connectivity index (χ3v) is 6.33. The molecule has 1 aliphatic heterocycles. The summed E-state index contributed by atoms with van der Waals surface area (Å²) in [6.07, 6.45) is 1.74. The lowest BCUT2D eigenvalue weighted by atomic mass is 10.2. The number of ether oxygens (including phenoxy) is 3. The number of rotatable bonds is 7. The maximum Gasteiger partial charge on any atom is 0.373 e. The van der Waals surface area contributed by atoms with E-state index in [0.717, 1.165) is 11.1 Å². The van der Waals surface area contributed by atoms with Gasteiger partial charge in [-0.15, -0.1) is 0 Å². The molecule has 1 fully saturated rings. The van der Waals surface area contributed by atoms with Gasteiger partial charge in [-0.05, 0) is 72.3 Å². The number of nitrogens with zero attached hydrogens (tertiary/aromatic N) is 1. The predicted octanol–water partition coefficient (Wildman–Crippen LogP) is 5.51. The van der Waals surface area contributed by atoms with Crippen molar-refractivity contribution in [1.29, 1.82) is 0 Å². The van der Waals surface area contributed by atoms with Crippen LogP contribution in [0.15, 0.2) is 62.8 Å². The van der Waals surface area contributed by atoms with Gasteiger partial charge in [0.05, 0.1) is 24.8 Å². The first kappa shape index (κ1) is 24.4. The standard InChI is InChI=1S/C25H21ClN2O6S/c1-14-17(26)5-4-6-18(14)27-25-28-23(29)22(35-25)12-15-7-9-19(21(11-15)31-2)33-13-16-8-10-20(34-16)24(30)32-3/h4-12H,13H2,1-3H3,(H,27,28,29). The second-order valence-corrected chi connectivity index (χ2v) is 8.76. The highest BCUT2D eigenvalue weighted by molar-refractivity contribution is 8.18. The van der Waals surface area contributed by atoms with Crippen LogP contribution in [0.5, 0.6) is 11.5 Å². The summed E-state index contributed by atoms with van der Waals surface area (Å²) in [4.78, 5) is 29.0. The number of hydrogen-bond acceptors (Lipinski definition) is 8. The van der Waals surface area contributed by atoms with Crippen molar-refractivity contribution in [3.05, 3.63) is 81.1 Å². The monoisotopic (exact) mass is 512 g/mol. The van der Waals surface area contributed by atoms with E-state index in [1.165, 1.54) is 32.0 Å². The van der Waals surface area contributed by atoms with Crippen LogP contribution in [0.25, 0.3) is 6.08 Å². The lowest BCUT2D eigenvalue weighted by Gasteiger charge is -2.10. The van der Waals surface area contributed by atoms with Crippen LogP contribution >= 0.6 is 23.4 Å². The zero-order chi connectivity index (χ0) is 24.9. The lowest BCUT2D eigenvalue weighted by Crippen LogP contribution is -2.19. The number of amides is 1. The van der Waals surface area contributed by atoms with Gasteiger partial charge in [0.15, 0.2) is 16.7 Å². The molecule has 1 aliphatic rings. The largest absolute Gasteiger partial charge is 0.493 e. The first-order valence-corrected chi connectivity index (χ1v) is 11.6. The maximum atomic E-state index is 12.5. The molecule has 1 amide bonds. The molecule has 0 aliphatic carbocycles. The molecule has 1 saturated heterocycles. The summed E-state index contributed by atoms with van der Waals surface area (Å²) in [7, 11) is 2.81. The summed E-state index contributed by atoms with van der Waals surface area (Å²) in [6.45, 7) is 1.97. The van der Waals surface area contributed by atoms with Crippen LogP contribution in [0.4, 0.5) is 5.69 Å². The predicted molar refractivity (Wildman–Crippen MR) is 134 cm³/mol. The molecule has 10 heteroatoms. The first-order valence-electron chi connectivity index (χ1n) is 10.4. The second kappa shape index (κ2) is 10.7. The number of carbonyl (C=O) groups is 2. The zero-order valence-corrected chi connectivity index (χ0v) is 20.7. The fraction of sp³-hybridized carbons (Fsp3) is 0.160. The van der Waals surface area contributed by atoms with Gasteiger partial charge in [-0.1, -0.05) is 23.7 Å². The highest BCUT2D eigenvalue weighted by atomic mass is 35.5. The summed E-state index contributed by atoms with van der Waals surface area (Å²) in [6, 6.07) is 13.9. The molecule has 2 aromatic carbocycles. The summed E-state index contributed by atoms with van der Waals surface area (Å²) < 4.78 is 21.3. The molecule has 0 bridgehead atoms. The topological polar surface area (TPSA) is 99.4 Å². The Balaban J connectivity index is 1.47. The Bertz CT molecular complexity index is 1350. The summed E-state index contributed by atoms with van der Waals surface area (Å²) in [5, 5.41) is 3.86. The van der Waals surface area contributed by atoms with Crippen LogP contribution < -0.4 is 14.8 Å². The molecule has 1 aromatic heterocycles. The van der Waals surface area contributed by atoms with Gasteiger partial charge in [0.2, 0.25) is 5.76 Å². The number of halogens is 1. The molecule has 1 N–H and O–H groups in total. The molecule has 4 rings (SSSR count). The van der Waals surface area contributed by atoms with E-state index in [1.807, 2.05) is 19.1 Å². The molecule has 3 aromatic rings. The molecular weight excluding hydrogens is 492 g/mol. The van der Waals surface area contributed by atoms with Gasteiger partial charge in [-0.25, -0.2) is 9.79 Å². The fourth-order valence-electron chi connectivity index (χ4n) is 3.17. The van der Waals surface area contributed by atoms with Crippen LogP contribution in [0.2, 0.25) is 5.02 Å². The van der Waals surface area contributed by atoms with Crippen molar-refractivity contribution in [1.82, 2.24) is 5.32 Å². The highest BCUT2D eigenvalue weighted by Gasteiger charge is 2.24. The molecule has 35 heavy (non-hydrogen) atoms. The molecule has 2 heterocycles. The molecular formula is C25H21ClN2O6S. The number of thioether (sulfide) groups is 1. The van der Waals surface area contributed by atoms with E-state index in [-0.39, 0.29) is 18.3 Å². The Labute approximate surface area is 210 Å². The number of hydrogen-bond donors (Lipinski definition) is 1. The Morgan fingerprint density at radius 1 is 1.17 bits per heavy atom. The molecule has 0 saturated carbocycles. The van der Waals surface area contributed by atoms with Gasteiger partial charge in [-0.2, -0.15) is 0 Å². The maximum absolute atomic E-state index is 12.5. The second-order valence-electron chi connectivity index (χ2n) is 7.32. The summed E-state index contributed by atoms with van der Waals surface area (Å²) in [5.74, 6) is 0.710. The van der Waals surface area contributed by atoms with Crippen molar-refractivity contribution in [2.75, 3.05) is 14.2 Å². The van der Waals surface area contributed by atoms with Gasteiger partial charge in [0.1, 0.15) is 12.4 Å². The number of nitrogens with one attached hydrogen (secondary N) is 1. The summed E-state index contributed by atoms with van der Waals surface area (Å²) in [5.41, 5.74) is 2.28. The number of amidine groups is 1. The third kappa shape index (κ3) is 5.70. The number of furan rings is 1. The summed E-state index contributed by atoms with van der Waals surface area (Å²) >= 11 is 7.40. The zero-order valence-electron chi connectivity index (χ0n) is 19.1. The van der Waals surface area contributed by atoms with Crippen LogP contribution in [0, 0.1) is 6.92 Å². The smallest absolute Gasteiger partial charge is 0.373 e. The highest BCUT2D eigenvalue weighted by Crippen LogP contribution is 2.34. The van der Waals surface area contributed by atoms with Crippen molar-refractivity contribution in [2.24, 2.45) is 4.99 Å². The van der Waals surface area contributed by atoms with Crippen LogP contribution in [-0.2, 0) is 16.1 Å². The van der Waals surface area contributed by atoms with E-state index in [4.69, 9.17) is 25.5 Å². The number of methoxy groups -OCH3 is 2. The minimum atomic E-state index is -0.559. The Morgan fingerprint density at radius 3 is 2.77 bits per heavy atom. The van der Waals surface area contributed by atoms with E-state index in [0.29, 0.717) is 38.0 Å². The van der Waals surface area contributed by atoms with Gasteiger partial charge in [0.25, 0.3) is 5.91 Å². The number of benzene rings is 2. The van der Waals surface area contributed by atoms with E-state index in [1.54, 1.807) is 36.4 Å². The molecule has 0 atom stereocenters. The Morgan fingerprint density at radius 2 is 2.00 bits per heavy atom. The SMILES string of the molecule is COC(=O)c1ccc(COc2ccc(C=C3SC(=Nc4cccc(Cl)c4C)NC3=O)cc2OC)o1. The molecule has 0 spiro atoms. The van der Waals surface area contributed by atoms with Crippen molar-refractivity contribution in [2.45, 2.75) is 13.5 Å². The van der Waals surface area contributed by atoms with Gasteiger partial charge < -0.3 is 23.9 Å². The minimum Gasteiger partial charge on any atom is -0.493 e. The quantitative estimate of drug-likeness (QED) is 0.329. The molecule has 180 valence electrons. The average molecular weight is 513 g/mol. The van der Waals surface area contributed by atoms with Crippen molar-refractivity contribution in [3.63, 3.8) is 0 Å². The Hall–Kier alpha value is -3.69.